The molecule has 84 valence electrons. The third-order valence-electron chi connectivity index (χ3n) is 2.85. The minimum atomic E-state index is 0.340. The van der Waals surface area contributed by atoms with Gasteiger partial charge < -0.3 is 5.11 Å². The van der Waals surface area contributed by atoms with Crippen molar-refractivity contribution in [2.75, 3.05) is 0 Å². The van der Waals surface area contributed by atoms with Gasteiger partial charge in [0.15, 0.2) is 0 Å². The van der Waals surface area contributed by atoms with E-state index in [-0.39, 0.29) is 0 Å². The summed E-state index contributed by atoms with van der Waals surface area (Å²) < 4.78 is 0. The summed E-state index contributed by atoms with van der Waals surface area (Å²) in [6.45, 7) is 6.71. The molecule has 0 radical (unpaired) electrons. The molecule has 0 saturated heterocycles. The second-order valence-corrected chi connectivity index (χ2v) is 5.90. The number of alkyl halides is 1. The van der Waals surface area contributed by atoms with Crippen LogP contribution in [-0.2, 0) is 6.42 Å². The minimum absolute atomic E-state index is 0.340. The average Bonchev–Trinajstić information content (AvgIpc) is 2.15. The van der Waals surface area contributed by atoms with Gasteiger partial charge in [-0.25, -0.2) is 0 Å². The van der Waals surface area contributed by atoms with E-state index in [1.165, 1.54) is 5.56 Å². The Morgan fingerprint density at radius 3 is 2.07 bits per heavy atom. The molecule has 15 heavy (non-hydrogen) atoms. The molecular weight excluding hydrogens is 252 g/mol. The summed E-state index contributed by atoms with van der Waals surface area (Å²) in [7, 11) is 0. The van der Waals surface area contributed by atoms with Crippen LogP contribution in [0.3, 0.4) is 0 Å². The molecule has 1 nitrogen and oxygen atoms in total. The van der Waals surface area contributed by atoms with Crippen LogP contribution in [0.5, 0.6) is 5.75 Å². The molecule has 2 unspecified atom stereocenters. The topological polar surface area (TPSA) is 20.2 Å². The molecule has 2 atom stereocenters. The SMILES string of the molecule is CC(C)C(Cc1ccc(O)cc1)C(C)Br. The Labute approximate surface area is 101 Å². The van der Waals surface area contributed by atoms with Crippen molar-refractivity contribution in [3.8, 4) is 5.75 Å². The Morgan fingerprint density at radius 2 is 1.67 bits per heavy atom. The number of rotatable bonds is 4. The summed E-state index contributed by atoms with van der Waals surface area (Å²) >= 11 is 3.66. The summed E-state index contributed by atoms with van der Waals surface area (Å²) in [5, 5.41) is 9.20. The lowest BCUT2D eigenvalue weighted by Gasteiger charge is -2.23. The molecule has 0 spiro atoms. The van der Waals surface area contributed by atoms with Crippen molar-refractivity contribution >= 4 is 15.9 Å². The summed E-state index contributed by atoms with van der Waals surface area (Å²) in [4.78, 5) is 0.520. The maximum atomic E-state index is 9.20. The van der Waals surface area contributed by atoms with Crippen LogP contribution in [0.15, 0.2) is 24.3 Å². The zero-order chi connectivity index (χ0) is 11.4. The number of aromatic hydroxyl groups is 1. The van der Waals surface area contributed by atoms with Gasteiger partial charge in [-0.15, -0.1) is 0 Å². The third-order valence-corrected chi connectivity index (χ3v) is 3.53. The van der Waals surface area contributed by atoms with Crippen molar-refractivity contribution in [2.24, 2.45) is 11.8 Å². The first-order chi connectivity index (χ1) is 7.00. The molecule has 0 aromatic heterocycles. The highest BCUT2D eigenvalue weighted by Crippen LogP contribution is 2.26. The fourth-order valence-electron chi connectivity index (χ4n) is 1.83. The number of halogens is 1. The monoisotopic (exact) mass is 270 g/mol. The van der Waals surface area contributed by atoms with Gasteiger partial charge in [-0.3, -0.25) is 0 Å². The maximum absolute atomic E-state index is 9.20. The van der Waals surface area contributed by atoms with Gasteiger partial charge >= 0.3 is 0 Å². The summed E-state index contributed by atoms with van der Waals surface area (Å²) in [6.07, 6.45) is 1.06. The predicted octanol–water partition coefficient (Wildman–Crippen LogP) is 3.99. The molecule has 1 N–H and O–H groups in total. The zero-order valence-electron chi connectivity index (χ0n) is 9.57. The first-order valence-corrected chi connectivity index (χ1v) is 6.34. The Hall–Kier alpha value is -0.500. The summed E-state index contributed by atoms with van der Waals surface area (Å²) in [5.41, 5.74) is 1.29. The lowest BCUT2D eigenvalue weighted by atomic mass is 9.87. The van der Waals surface area contributed by atoms with E-state index in [9.17, 15) is 5.11 Å². The van der Waals surface area contributed by atoms with Crippen molar-refractivity contribution < 1.29 is 5.11 Å². The van der Waals surface area contributed by atoms with Crippen LogP contribution in [0.25, 0.3) is 0 Å². The minimum Gasteiger partial charge on any atom is -0.508 e. The maximum Gasteiger partial charge on any atom is 0.115 e. The van der Waals surface area contributed by atoms with Gasteiger partial charge in [-0.2, -0.15) is 0 Å². The van der Waals surface area contributed by atoms with Crippen LogP contribution in [0.4, 0.5) is 0 Å². The molecule has 0 saturated carbocycles. The van der Waals surface area contributed by atoms with Gasteiger partial charge in [0.25, 0.3) is 0 Å². The fraction of sp³-hybridized carbons (Fsp3) is 0.538. The molecule has 0 aliphatic rings. The largest absolute Gasteiger partial charge is 0.508 e. The average molecular weight is 271 g/mol. The van der Waals surface area contributed by atoms with Gasteiger partial charge in [0.05, 0.1) is 0 Å². The molecular formula is C13H19BrO. The van der Waals surface area contributed by atoms with Crippen LogP contribution in [0.2, 0.25) is 0 Å². The molecule has 2 heteroatoms. The first-order valence-electron chi connectivity index (χ1n) is 5.42. The number of phenolic OH excluding ortho intramolecular Hbond substituents is 1. The van der Waals surface area contributed by atoms with Crippen LogP contribution >= 0.6 is 15.9 Å². The predicted molar refractivity (Wildman–Crippen MR) is 68.5 cm³/mol. The molecule has 1 rings (SSSR count). The van der Waals surface area contributed by atoms with Crippen LogP contribution in [0.1, 0.15) is 26.3 Å². The molecule has 1 aromatic carbocycles. The van der Waals surface area contributed by atoms with Crippen molar-refractivity contribution in [1.82, 2.24) is 0 Å². The van der Waals surface area contributed by atoms with Crippen molar-refractivity contribution in [1.29, 1.82) is 0 Å². The van der Waals surface area contributed by atoms with E-state index in [1.807, 2.05) is 12.1 Å². The van der Waals surface area contributed by atoms with Crippen molar-refractivity contribution in [3.63, 3.8) is 0 Å². The second kappa shape index (κ2) is 5.55. The van der Waals surface area contributed by atoms with E-state index in [2.05, 4.69) is 36.7 Å². The fourth-order valence-corrected chi connectivity index (χ4v) is 2.63. The Bertz CT molecular complexity index is 282. The molecule has 0 aliphatic carbocycles. The van der Waals surface area contributed by atoms with E-state index >= 15 is 0 Å². The van der Waals surface area contributed by atoms with Gasteiger partial charge in [0.1, 0.15) is 5.75 Å². The summed E-state index contributed by atoms with van der Waals surface area (Å²) in [6, 6.07) is 7.51. The smallest absolute Gasteiger partial charge is 0.115 e. The first kappa shape index (κ1) is 12.6. The Kier molecular flexibility index (Phi) is 4.65. The highest BCUT2D eigenvalue weighted by atomic mass is 79.9. The van der Waals surface area contributed by atoms with E-state index in [4.69, 9.17) is 0 Å². The van der Waals surface area contributed by atoms with Gasteiger partial charge in [0.2, 0.25) is 0 Å². The van der Waals surface area contributed by atoms with Gasteiger partial charge in [-0.1, -0.05) is 48.8 Å². The Morgan fingerprint density at radius 1 is 1.13 bits per heavy atom. The lowest BCUT2D eigenvalue weighted by molar-refractivity contribution is 0.383. The zero-order valence-corrected chi connectivity index (χ0v) is 11.2. The van der Waals surface area contributed by atoms with Gasteiger partial charge in [0, 0.05) is 4.83 Å². The van der Waals surface area contributed by atoms with Crippen LogP contribution in [0, 0.1) is 11.8 Å². The standard InChI is InChI=1S/C13H19BrO/c1-9(2)13(10(3)14)8-11-4-6-12(15)7-5-11/h4-7,9-10,13,15H,8H2,1-3H3. The van der Waals surface area contributed by atoms with Crippen LogP contribution in [-0.4, -0.2) is 9.93 Å². The molecule has 0 heterocycles. The normalized spacial score (nSPS) is 15.3. The highest BCUT2D eigenvalue weighted by molar-refractivity contribution is 9.09. The van der Waals surface area contributed by atoms with Crippen molar-refractivity contribution in [3.05, 3.63) is 29.8 Å². The van der Waals surface area contributed by atoms with E-state index < -0.39 is 0 Å². The number of hydrogen-bond acceptors (Lipinski definition) is 1. The number of benzene rings is 1. The number of hydrogen-bond donors (Lipinski definition) is 1. The third kappa shape index (κ3) is 3.86. The Balaban J connectivity index is 2.70. The van der Waals surface area contributed by atoms with Crippen LogP contribution < -0.4 is 0 Å². The van der Waals surface area contributed by atoms with Crippen molar-refractivity contribution in [2.45, 2.75) is 32.0 Å². The molecule has 0 bridgehead atoms. The van der Waals surface area contributed by atoms with Gasteiger partial charge in [-0.05, 0) is 36.0 Å². The lowest BCUT2D eigenvalue weighted by Crippen LogP contribution is -2.20. The molecule has 0 fully saturated rings. The quantitative estimate of drug-likeness (QED) is 0.821. The molecule has 0 aliphatic heterocycles. The highest BCUT2D eigenvalue weighted by Gasteiger charge is 2.18. The second-order valence-electron chi connectivity index (χ2n) is 4.46. The van der Waals surface area contributed by atoms with E-state index in [0.29, 0.717) is 22.4 Å². The molecule has 1 aromatic rings. The summed E-state index contributed by atoms with van der Waals surface area (Å²) in [5.74, 6) is 1.63. The van der Waals surface area contributed by atoms with E-state index in [0.717, 1.165) is 6.42 Å². The molecule has 0 amide bonds. The van der Waals surface area contributed by atoms with E-state index in [1.54, 1.807) is 12.1 Å². The number of phenols is 1.